The highest BCUT2D eigenvalue weighted by atomic mass is 35.5. The van der Waals surface area contributed by atoms with E-state index in [0.29, 0.717) is 35.2 Å². The Kier molecular flexibility index (Phi) is 6.72. The zero-order chi connectivity index (χ0) is 22.3. The zero-order valence-electron chi connectivity index (χ0n) is 17.5. The lowest BCUT2D eigenvalue weighted by Gasteiger charge is -2.08. The molecule has 0 unspecified atom stereocenters. The molecule has 0 saturated carbocycles. The molecule has 32 heavy (non-hydrogen) atoms. The number of methoxy groups -OCH3 is 1. The van der Waals surface area contributed by atoms with E-state index in [4.69, 9.17) is 21.1 Å². The molecule has 0 bridgehead atoms. The number of anilines is 1. The number of nitrogens with zero attached hydrogens (tertiary/aromatic N) is 2. The van der Waals surface area contributed by atoms with Crippen LogP contribution in [0.1, 0.15) is 21.5 Å². The Labute approximate surface area is 191 Å². The third-order valence-corrected chi connectivity index (χ3v) is 5.02. The van der Waals surface area contributed by atoms with E-state index in [0.717, 1.165) is 16.9 Å². The molecule has 0 fully saturated rings. The monoisotopic (exact) mass is 447 g/mol. The van der Waals surface area contributed by atoms with E-state index >= 15 is 0 Å². The minimum Gasteiger partial charge on any atom is -0.497 e. The molecule has 0 aliphatic carbocycles. The van der Waals surface area contributed by atoms with Gasteiger partial charge < -0.3 is 14.8 Å². The predicted octanol–water partition coefficient (Wildman–Crippen LogP) is 5.42. The van der Waals surface area contributed by atoms with Gasteiger partial charge >= 0.3 is 0 Å². The minimum atomic E-state index is -0.201. The van der Waals surface area contributed by atoms with Crippen LogP contribution in [0.3, 0.4) is 0 Å². The molecule has 162 valence electrons. The lowest BCUT2D eigenvalue weighted by molar-refractivity contribution is 0.102. The Hall–Kier alpha value is -3.77. The summed E-state index contributed by atoms with van der Waals surface area (Å²) < 4.78 is 12.7. The molecule has 6 nitrogen and oxygen atoms in total. The van der Waals surface area contributed by atoms with Crippen molar-refractivity contribution in [3.63, 3.8) is 0 Å². The summed E-state index contributed by atoms with van der Waals surface area (Å²) in [5.41, 5.74) is 3.19. The van der Waals surface area contributed by atoms with Crippen molar-refractivity contribution in [2.45, 2.75) is 13.2 Å². The quantitative estimate of drug-likeness (QED) is 0.391. The van der Waals surface area contributed by atoms with Crippen LogP contribution in [0.25, 0.3) is 0 Å². The average molecular weight is 448 g/mol. The van der Waals surface area contributed by atoms with Crippen molar-refractivity contribution in [1.29, 1.82) is 0 Å². The van der Waals surface area contributed by atoms with Crippen molar-refractivity contribution in [1.82, 2.24) is 9.78 Å². The number of halogens is 1. The second-order valence-electron chi connectivity index (χ2n) is 7.18. The van der Waals surface area contributed by atoms with Crippen LogP contribution in [0, 0.1) is 0 Å². The Bertz CT molecular complexity index is 1210. The maximum absolute atomic E-state index is 12.6. The molecule has 0 aliphatic rings. The van der Waals surface area contributed by atoms with Gasteiger partial charge in [0, 0.05) is 16.8 Å². The standard InChI is InChI=1S/C25H22ClN3O3/c1-31-23-6-2-4-19(12-23)15-29-16-22(14-27-29)28-25(30)20-10-8-18(9-11-20)17-32-24-7-3-5-21(26)13-24/h2-14,16H,15,17H2,1H3,(H,28,30). The van der Waals surface area contributed by atoms with E-state index in [1.165, 1.54) is 0 Å². The molecule has 0 aliphatic heterocycles. The van der Waals surface area contributed by atoms with Crippen molar-refractivity contribution < 1.29 is 14.3 Å². The van der Waals surface area contributed by atoms with Crippen LogP contribution < -0.4 is 14.8 Å². The van der Waals surface area contributed by atoms with Crippen LogP contribution in [0.5, 0.6) is 11.5 Å². The third kappa shape index (κ3) is 5.68. The number of benzene rings is 3. The van der Waals surface area contributed by atoms with Gasteiger partial charge in [0.15, 0.2) is 0 Å². The SMILES string of the molecule is COc1cccc(Cn2cc(NC(=O)c3ccc(COc4cccc(Cl)c4)cc3)cn2)c1. The van der Waals surface area contributed by atoms with Crippen LogP contribution in [0.4, 0.5) is 5.69 Å². The summed E-state index contributed by atoms with van der Waals surface area (Å²) in [5.74, 6) is 1.29. The summed E-state index contributed by atoms with van der Waals surface area (Å²) in [7, 11) is 1.64. The normalized spacial score (nSPS) is 10.6. The van der Waals surface area contributed by atoms with Crippen LogP contribution in [-0.2, 0) is 13.2 Å². The van der Waals surface area contributed by atoms with Crippen LogP contribution in [0.15, 0.2) is 85.2 Å². The van der Waals surface area contributed by atoms with Crippen molar-refractivity contribution in [2.24, 2.45) is 0 Å². The fraction of sp³-hybridized carbons (Fsp3) is 0.120. The molecule has 1 amide bonds. The molecule has 1 N–H and O–H groups in total. The number of carbonyl (C=O) groups is 1. The molecular formula is C25H22ClN3O3. The number of rotatable bonds is 8. The summed E-state index contributed by atoms with van der Waals surface area (Å²) in [6, 6.07) is 22.3. The highest BCUT2D eigenvalue weighted by Gasteiger charge is 2.09. The molecule has 0 spiro atoms. The summed E-state index contributed by atoms with van der Waals surface area (Å²) >= 11 is 5.97. The van der Waals surface area contributed by atoms with Gasteiger partial charge in [0.1, 0.15) is 18.1 Å². The van der Waals surface area contributed by atoms with E-state index in [-0.39, 0.29) is 5.91 Å². The Morgan fingerprint density at radius 2 is 1.78 bits per heavy atom. The predicted molar refractivity (Wildman–Crippen MR) is 125 cm³/mol. The number of carbonyl (C=O) groups excluding carboxylic acids is 1. The first kappa shape index (κ1) is 21.5. The summed E-state index contributed by atoms with van der Waals surface area (Å²) in [6.07, 6.45) is 3.43. The second-order valence-corrected chi connectivity index (χ2v) is 7.61. The number of hydrogen-bond acceptors (Lipinski definition) is 4. The summed E-state index contributed by atoms with van der Waals surface area (Å²) in [6.45, 7) is 0.966. The van der Waals surface area contributed by atoms with Gasteiger partial charge in [0.05, 0.1) is 25.5 Å². The lowest BCUT2D eigenvalue weighted by Crippen LogP contribution is -2.11. The lowest BCUT2D eigenvalue weighted by atomic mass is 10.1. The minimum absolute atomic E-state index is 0.201. The third-order valence-electron chi connectivity index (χ3n) is 4.79. The van der Waals surface area contributed by atoms with Crippen molar-refractivity contribution in [3.8, 4) is 11.5 Å². The molecule has 4 rings (SSSR count). The van der Waals surface area contributed by atoms with Gasteiger partial charge in [-0.15, -0.1) is 0 Å². The highest BCUT2D eigenvalue weighted by Crippen LogP contribution is 2.19. The first-order valence-electron chi connectivity index (χ1n) is 10.0. The molecule has 0 radical (unpaired) electrons. The fourth-order valence-electron chi connectivity index (χ4n) is 3.15. The van der Waals surface area contributed by atoms with Gasteiger partial charge in [-0.05, 0) is 53.6 Å². The molecule has 7 heteroatoms. The molecule has 0 saturated heterocycles. The second kappa shape index (κ2) is 10.0. The Balaban J connectivity index is 1.32. The Morgan fingerprint density at radius 1 is 1.00 bits per heavy atom. The summed E-state index contributed by atoms with van der Waals surface area (Å²) in [4.78, 5) is 12.6. The molecule has 0 atom stereocenters. The number of amides is 1. The van der Waals surface area contributed by atoms with Gasteiger partial charge in [-0.2, -0.15) is 5.10 Å². The largest absolute Gasteiger partial charge is 0.497 e. The molecule has 4 aromatic rings. The van der Waals surface area contributed by atoms with Gasteiger partial charge in [-0.1, -0.05) is 41.9 Å². The molecule has 3 aromatic carbocycles. The smallest absolute Gasteiger partial charge is 0.255 e. The topological polar surface area (TPSA) is 65.4 Å². The molecule has 1 heterocycles. The highest BCUT2D eigenvalue weighted by molar-refractivity contribution is 6.30. The van der Waals surface area contributed by atoms with E-state index in [1.54, 1.807) is 48.5 Å². The van der Waals surface area contributed by atoms with Gasteiger partial charge in [0.2, 0.25) is 0 Å². The summed E-state index contributed by atoms with van der Waals surface area (Å²) in [5, 5.41) is 7.83. The average Bonchev–Trinajstić information content (AvgIpc) is 3.24. The van der Waals surface area contributed by atoms with Gasteiger partial charge in [0.25, 0.3) is 5.91 Å². The molecule has 1 aromatic heterocycles. The van der Waals surface area contributed by atoms with E-state index in [1.807, 2.05) is 48.5 Å². The number of nitrogens with one attached hydrogen (secondary N) is 1. The zero-order valence-corrected chi connectivity index (χ0v) is 18.3. The van der Waals surface area contributed by atoms with Crippen molar-refractivity contribution >= 4 is 23.2 Å². The first-order valence-corrected chi connectivity index (χ1v) is 10.4. The maximum Gasteiger partial charge on any atom is 0.255 e. The fourth-order valence-corrected chi connectivity index (χ4v) is 3.33. The van der Waals surface area contributed by atoms with Crippen molar-refractivity contribution in [2.75, 3.05) is 12.4 Å². The van der Waals surface area contributed by atoms with E-state index in [2.05, 4.69) is 10.4 Å². The van der Waals surface area contributed by atoms with Gasteiger partial charge in [-0.3, -0.25) is 9.48 Å². The number of ether oxygens (including phenoxy) is 2. The van der Waals surface area contributed by atoms with Crippen LogP contribution in [0.2, 0.25) is 5.02 Å². The number of aromatic nitrogens is 2. The molecular weight excluding hydrogens is 426 g/mol. The van der Waals surface area contributed by atoms with Crippen LogP contribution in [-0.4, -0.2) is 22.8 Å². The van der Waals surface area contributed by atoms with E-state index in [9.17, 15) is 4.79 Å². The number of hydrogen-bond donors (Lipinski definition) is 1. The van der Waals surface area contributed by atoms with Crippen LogP contribution >= 0.6 is 11.6 Å². The van der Waals surface area contributed by atoms with E-state index < -0.39 is 0 Å². The first-order chi connectivity index (χ1) is 15.6. The van der Waals surface area contributed by atoms with Gasteiger partial charge in [-0.25, -0.2) is 0 Å². The van der Waals surface area contributed by atoms with Crippen molar-refractivity contribution in [3.05, 3.63) is 107 Å². The maximum atomic E-state index is 12.6. The Morgan fingerprint density at radius 3 is 2.56 bits per heavy atom.